The topological polar surface area (TPSA) is 43.1 Å². The second-order valence-electron chi connectivity index (χ2n) is 2.69. The zero-order valence-electron chi connectivity index (χ0n) is 9.79. The molecule has 1 aromatic carbocycles. The van der Waals surface area contributed by atoms with E-state index in [1.807, 2.05) is 13.8 Å². The smallest absolute Gasteiger partial charge is 0.214 e. The first-order chi connectivity index (χ1) is 6.54. The molecule has 1 rings (SSSR count). The summed E-state index contributed by atoms with van der Waals surface area (Å²) in [6, 6.07) is 8.36. The van der Waals surface area contributed by atoms with Gasteiger partial charge in [-0.25, -0.2) is 0 Å². The minimum atomic E-state index is -0.333. The summed E-state index contributed by atoms with van der Waals surface area (Å²) in [5.41, 5.74) is 7.21. The Hall–Kier alpha value is -1.31. The maximum atomic E-state index is 9.22. The molecule has 0 aliphatic heterocycles. The number of hydrogen-bond acceptors (Lipinski definition) is 1. The summed E-state index contributed by atoms with van der Waals surface area (Å²) in [6.45, 7) is 9.55. The van der Waals surface area contributed by atoms with Crippen molar-refractivity contribution in [1.29, 1.82) is 0 Å². The van der Waals surface area contributed by atoms with E-state index in [4.69, 9.17) is 0 Å². The minimum Gasteiger partial charge on any atom is -0.370 e. The van der Waals surface area contributed by atoms with Crippen LogP contribution in [0.5, 0.6) is 0 Å². The SMILES string of the molecule is CC.CC(N)=O.Cc1ccccc1C. The Balaban J connectivity index is 0. The first-order valence-corrected chi connectivity index (χ1v) is 4.82. The molecule has 14 heavy (non-hydrogen) atoms. The van der Waals surface area contributed by atoms with E-state index in [-0.39, 0.29) is 5.91 Å². The van der Waals surface area contributed by atoms with Crippen molar-refractivity contribution < 1.29 is 4.79 Å². The number of carbonyl (C=O) groups is 1. The summed E-state index contributed by atoms with van der Waals surface area (Å²) < 4.78 is 0. The molecule has 0 saturated heterocycles. The fourth-order valence-electron chi connectivity index (χ4n) is 0.663. The molecule has 2 N–H and O–H groups in total. The first-order valence-electron chi connectivity index (χ1n) is 4.82. The van der Waals surface area contributed by atoms with Crippen LogP contribution in [0.25, 0.3) is 0 Å². The van der Waals surface area contributed by atoms with Crippen LogP contribution in [0, 0.1) is 13.8 Å². The van der Waals surface area contributed by atoms with Gasteiger partial charge in [0.05, 0.1) is 0 Å². The van der Waals surface area contributed by atoms with Gasteiger partial charge >= 0.3 is 0 Å². The molecule has 0 saturated carbocycles. The van der Waals surface area contributed by atoms with Gasteiger partial charge in [0.25, 0.3) is 0 Å². The predicted octanol–water partition coefficient (Wildman–Crippen LogP) is 2.82. The molecule has 1 aromatic rings. The van der Waals surface area contributed by atoms with Gasteiger partial charge in [-0.3, -0.25) is 4.79 Å². The molecular formula is C12H21NO. The molecule has 80 valence electrons. The molecule has 0 atom stereocenters. The third-order valence-electron chi connectivity index (χ3n) is 1.43. The van der Waals surface area contributed by atoms with E-state index in [1.165, 1.54) is 18.1 Å². The van der Waals surface area contributed by atoms with Crippen molar-refractivity contribution >= 4 is 5.91 Å². The summed E-state index contributed by atoms with van der Waals surface area (Å²) in [6.07, 6.45) is 0. The lowest BCUT2D eigenvalue weighted by atomic mass is 10.1. The standard InChI is InChI=1S/C8H10.C2H5NO.C2H6/c1-7-5-3-4-6-8(7)2;1-2(3)4;1-2/h3-6H,1-2H3;1H3,(H2,3,4);1-2H3. The van der Waals surface area contributed by atoms with E-state index in [2.05, 4.69) is 43.8 Å². The zero-order valence-corrected chi connectivity index (χ0v) is 9.79. The maximum Gasteiger partial charge on any atom is 0.214 e. The first kappa shape index (κ1) is 15.2. The lowest BCUT2D eigenvalue weighted by Crippen LogP contribution is -2.01. The molecule has 1 amide bonds. The van der Waals surface area contributed by atoms with Gasteiger partial charge in [0.1, 0.15) is 0 Å². The highest BCUT2D eigenvalue weighted by Crippen LogP contribution is 2.02. The van der Waals surface area contributed by atoms with Gasteiger partial charge in [-0.15, -0.1) is 0 Å². The summed E-state index contributed by atoms with van der Waals surface area (Å²) in [5, 5.41) is 0. The molecule has 0 radical (unpaired) electrons. The Bertz CT molecular complexity index is 231. The summed E-state index contributed by atoms with van der Waals surface area (Å²) in [7, 11) is 0. The van der Waals surface area contributed by atoms with Gasteiger partial charge in [0.2, 0.25) is 5.91 Å². The molecule has 0 heterocycles. The molecule has 0 aliphatic rings. The van der Waals surface area contributed by atoms with Gasteiger partial charge in [-0.1, -0.05) is 38.1 Å². The third-order valence-corrected chi connectivity index (χ3v) is 1.43. The van der Waals surface area contributed by atoms with E-state index in [9.17, 15) is 4.79 Å². The van der Waals surface area contributed by atoms with Crippen LogP contribution in [0.3, 0.4) is 0 Å². The molecule has 0 unspecified atom stereocenters. The molecule has 0 aromatic heterocycles. The molecule has 0 bridgehead atoms. The van der Waals surface area contributed by atoms with Gasteiger partial charge in [-0.2, -0.15) is 0 Å². The van der Waals surface area contributed by atoms with Crippen molar-refractivity contribution in [3.8, 4) is 0 Å². The highest BCUT2D eigenvalue weighted by atomic mass is 16.1. The Morgan fingerprint density at radius 2 is 1.29 bits per heavy atom. The van der Waals surface area contributed by atoms with Crippen LogP contribution >= 0.6 is 0 Å². The highest BCUT2D eigenvalue weighted by Gasteiger charge is 1.83. The monoisotopic (exact) mass is 195 g/mol. The van der Waals surface area contributed by atoms with E-state index in [0.717, 1.165) is 0 Å². The number of hydrogen-bond donors (Lipinski definition) is 1. The minimum absolute atomic E-state index is 0.333. The van der Waals surface area contributed by atoms with E-state index < -0.39 is 0 Å². The van der Waals surface area contributed by atoms with Crippen LogP contribution in [0.2, 0.25) is 0 Å². The van der Waals surface area contributed by atoms with Crippen molar-refractivity contribution in [1.82, 2.24) is 0 Å². The molecule has 2 nitrogen and oxygen atoms in total. The van der Waals surface area contributed by atoms with Gasteiger partial charge < -0.3 is 5.73 Å². The molecule has 2 heteroatoms. The lowest BCUT2D eigenvalue weighted by Gasteiger charge is -1.93. The number of nitrogens with two attached hydrogens (primary N) is 1. The van der Waals surface area contributed by atoms with Gasteiger partial charge in [-0.05, 0) is 25.0 Å². The molecular weight excluding hydrogens is 174 g/mol. The highest BCUT2D eigenvalue weighted by molar-refractivity contribution is 5.70. The number of carbonyl (C=O) groups excluding carboxylic acids is 1. The number of amides is 1. The second-order valence-corrected chi connectivity index (χ2v) is 2.69. The fraction of sp³-hybridized carbons (Fsp3) is 0.417. The molecule has 0 aliphatic carbocycles. The van der Waals surface area contributed by atoms with Gasteiger partial charge in [0.15, 0.2) is 0 Å². The summed E-state index contributed by atoms with van der Waals surface area (Å²) >= 11 is 0. The van der Waals surface area contributed by atoms with Crippen molar-refractivity contribution in [2.24, 2.45) is 5.73 Å². The predicted molar refractivity (Wildman–Crippen MR) is 62.1 cm³/mol. The van der Waals surface area contributed by atoms with Crippen molar-refractivity contribution in [2.45, 2.75) is 34.6 Å². The summed E-state index contributed by atoms with van der Waals surface area (Å²) in [4.78, 5) is 9.22. The van der Waals surface area contributed by atoms with Crippen LogP contribution in [-0.4, -0.2) is 5.91 Å². The lowest BCUT2D eigenvalue weighted by molar-refractivity contribution is -0.115. The van der Waals surface area contributed by atoms with E-state index in [1.54, 1.807) is 0 Å². The normalized spacial score (nSPS) is 7.50. The number of aryl methyl sites for hydroxylation is 2. The molecule has 0 spiro atoms. The average Bonchev–Trinajstić information content (AvgIpc) is 2.13. The quantitative estimate of drug-likeness (QED) is 0.679. The van der Waals surface area contributed by atoms with Crippen molar-refractivity contribution in [3.05, 3.63) is 35.4 Å². The Kier molecular flexibility index (Phi) is 10.6. The number of primary amides is 1. The molecule has 0 fully saturated rings. The van der Waals surface area contributed by atoms with E-state index in [0.29, 0.717) is 0 Å². The average molecular weight is 195 g/mol. The largest absolute Gasteiger partial charge is 0.370 e. The van der Waals surface area contributed by atoms with Gasteiger partial charge in [0, 0.05) is 6.92 Å². The van der Waals surface area contributed by atoms with Crippen molar-refractivity contribution in [2.75, 3.05) is 0 Å². The maximum absolute atomic E-state index is 9.22. The van der Waals surface area contributed by atoms with Crippen LogP contribution in [-0.2, 0) is 4.79 Å². The van der Waals surface area contributed by atoms with Crippen molar-refractivity contribution in [3.63, 3.8) is 0 Å². The van der Waals surface area contributed by atoms with E-state index >= 15 is 0 Å². The Labute approximate surface area is 87.1 Å². The van der Waals surface area contributed by atoms with Crippen LogP contribution in [0.1, 0.15) is 31.9 Å². The van der Waals surface area contributed by atoms with Crippen LogP contribution in [0.4, 0.5) is 0 Å². The zero-order chi connectivity index (χ0) is 11.6. The number of benzene rings is 1. The Morgan fingerprint density at radius 1 is 1.07 bits per heavy atom. The third kappa shape index (κ3) is 10.7. The summed E-state index contributed by atoms with van der Waals surface area (Å²) in [5.74, 6) is -0.333. The Morgan fingerprint density at radius 3 is 1.43 bits per heavy atom. The van der Waals surface area contributed by atoms with Crippen LogP contribution < -0.4 is 5.73 Å². The van der Waals surface area contributed by atoms with Crippen LogP contribution in [0.15, 0.2) is 24.3 Å². The number of rotatable bonds is 0. The second kappa shape index (κ2) is 9.78. The fourth-order valence-corrected chi connectivity index (χ4v) is 0.663.